The van der Waals surface area contributed by atoms with E-state index in [0.29, 0.717) is 19.5 Å². The van der Waals surface area contributed by atoms with Crippen LogP contribution in [0.15, 0.2) is 0 Å². The molecule has 19 heavy (non-hydrogen) atoms. The molecule has 5 heteroatoms. The summed E-state index contributed by atoms with van der Waals surface area (Å²) < 4.78 is 0. The molecule has 1 aliphatic heterocycles. The van der Waals surface area contributed by atoms with Crippen molar-refractivity contribution in [2.45, 2.75) is 40.0 Å². The van der Waals surface area contributed by atoms with Crippen molar-refractivity contribution in [1.29, 1.82) is 0 Å². The summed E-state index contributed by atoms with van der Waals surface area (Å²) in [5.74, 6) is -0.0300. The van der Waals surface area contributed by atoms with Crippen LogP contribution in [0.4, 0.5) is 0 Å². The maximum Gasteiger partial charge on any atom is 0.224 e. The van der Waals surface area contributed by atoms with E-state index in [1.165, 1.54) is 0 Å². The molecule has 1 unspecified atom stereocenters. The van der Waals surface area contributed by atoms with E-state index in [9.17, 15) is 9.59 Å². The highest BCUT2D eigenvalue weighted by atomic mass is 16.3. The molecule has 0 spiro atoms. The van der Waals surface area contributed by atoms with Crippen molar-refractivity contribution in [1.82, 2.24) is 10.2 Å². The number of hydrogen-bond donors (Lipinski definition) is 2. The Morgan fingerprint density at radius 2 is 2.11 bits per heavy atom. The summed E-state index contributed by atoms with van der Waals surface area (Å²) in [5, 5.41) is 11.9. The average Bonchev–Trinajstić information content (AvgIpc) is 2.36. The van der Waals surface area contributed by atoms with Crippen molar-refractivity contribution in [3.63, 3.8) is 0 Å². The molecule has 1 aliphatic rings. The number of aliphatic hydroxyl groups is 1. The van der Waals surface area contributed by atoms with E-state index in [4.69, 9.17) is 5.11 Å². The Balaban J connectivity index is 2.43. The minimum Gasteiger partial charge on any atom is -0.396 e. The molecule has 5 nitrogen and oxygen atoms in total. The van der Waals surface area contributed by atoms with Crippen LogP contribution < -0.4 is 5.32 Å². The zero-order valence-electron chi connectivity index (χ0n) is 12.2. The number of rotatable bonds is 5. The minimum atomic E-state index is -0.0979. The number of piperidine rings is 1. The molecule has 2 N–H and O–H groups in total. The molecule has 0 aromatic carbocycles. The first-order chi connectivity index (χ1) is 8.85. The molecule has 0 radical (unpaired) electrons. The van der Waals surface area contributed by atoms with Gasteiger partial charge in [-0.1, -0.05) is 13.8 Å². The summed E-state index contributed by atoms with van der Waals surface area (Å²) in [6.45, 7) is 7.56. The first kappa shape index (κ1) is 16.0. The fourth-order valence-corrected chi connectivity index (χ4v) is 2.34. The number of likely N-dealkylation sites (tertiary alicyclic amines) is 1. The van der Waals surface area contributed by atoms with Crippen LogP contribution >= 0.6 is 0 Å². The van der Waals surface area contributed by atoms with Crippen LogP contribution in [0.2, 0.25) is 0 Å². The minimum absolute atomic E-state index is 0.0250. The molecular weight excluding hydrogens is 244 g/mol. The number of carbonyl (C=O) groups is 2. The van der Waals surface area contributed by atoms with E-state index in [0.717, 1.165) is 19.4 Å². The second-order valence-corrected chi connectivity index (χ2v) is 6.16. The van der Waals surface area contributed by atoms with Crippen LogP contribution in [0.25, 0.3) is 0 Å². The third-order valence-corrected chi connectivity index (χ3v) is 3.77. The Bertz CT molecular complexity index is 329. The molecule has 0 aliphatic carbocycles. The van der Waals surface area contributed by atoms with Crippen molar-refractivity contribution in [3.8, 4) is 0 Å². The highest BCUT2D eigenvalue weighted by Crippen LogP contribution is 2.20. The molecule has 0 bridgehead atoms. The topological polar surface area (TPSA) is 69.6 Å². The first-order valence-electron chi connectivity index (χ1n) is 7.00. The molecule has 1 saturated heterocycles. The molecule has 0 aromatic rings. The van der Waals surface area contributed by atoms with Crippen LogP contribution in [0.3, 0.4) is 0 Å². The number of hydrogen-bond acceptors (Lipinski definition) is 3. The van der Waals surface area contributed by atoms with Gasteiger partial charge in [0.05, 0.1) is 5.92 Å². The maximum absolute atomic E-state index is 12.1. The molecule has 1 fully saturated rings. The molecule has 1 atom stereocenters. The molecule has 2 amide bonds. The van der Waals surface area contributed by atoms with Gasteiger partial charge in [-0.15, -0.1) is 0 Å². The van der Waals surface area contributed by atoms with E-state index in [1.807, 2.05) is 13.8 Å². The zero-order chi connectivity index (χ0) is 14.5. The van der Waals surface area contributed by atoms with Crippen LogP contribution in [-0.4, -0.2) is 48.1 Å². The standard InChI is InChI=1S/C14H26N2O3/c1-11(18)16-7-4-5-12(9-16)13(19)15-10-14(2,3)6-8-17/h12,17H,4-10H2,1-3H3,(H,15,19). The zero-order valence-corrected chi connectivity index (χ0v) is 12.2. The lowest BCUT2D eigenvalue weighted by Crippen LogP contribution is -2.46. The number of nitrogens with zero attached hydrogens (tertiary/aromatic N) is 1. The first-order valence-corrected chi connectivity index (χ1v) is 7.00. The molecule has 1 heterocycles. The lowest BCUT2D eigenvalue weighted by molar-refractivity contribution is -0.134. The summed E-state index contributed by atoms with van der Waals surface area (Å²) in [7, 11) is 0. The van der Waals surface area contributed by atoms with Crippen molar-refractivity contribution in [3.05, 3.63) is 0 Å². The fraction of sp³-hybridized carbons (Fsp3) is 0.857. The Labute approximate surface area is 115 Å². The van der Waals surface area contributed by atoms with Gasteiger partial charge in [0.25, 0.3) is 0 Å². The van der Waals surface area contributed by atoms with Gasteiger partial charge in [-0.25, -0.2) is 0 Å². The number of nitrogens with one attached hydrogen (secondary N) is 1. The van der Waals surface area contributed by atoms with Gasteiger partial charge >= 0.3 is 0 Å². The second-order valence-electron chi connectivity index (χ2n) is 6.16. The van der Waals surface area contributed by atoms with E-state index in [2.05, 4.69) is 5.32 Å². The molecular formula is C14H26N2O3. The van der Waals surface area contributed by atoms with Gasteiger partial charge in [-0.2, -0.15) is 0 Å². The van der Waals surface area contributed by atoms with Crippen LogP contribution in [0.5, 0.6) is 0 Å². The highest BCUT2D eigenvalue weighted by molar-refractivity contribution is 5.80. The van der Waals surface area contributed by atoms with Gasteiger partial charge in [0.15, 0.2) is 0 Å². The van der Waals surface area contributed by atoms with Gasteiger partial charge < -0.3 is 15.3 Å². The summed E-state index contributed by atoms with van der Waals surface area (Å²) in [6.07, 6.45) is 2.39. The third kappa shape index (κ3) is 5.19. The lowest BCUT2D eigenvalue weighted by atomic mass is 9.89. The average molecular weight is 270 g/mol. The third-order valence-electron chi connectivity index (χ3n) is 3.77. The van der Waals surface area contributed by atoms with Crippen molar-refractivity contribution in [2.75, 3.05) is 26.2 Å². The Morgan fingerprint density at radius 3 is 2.68 bits per heavy atom. The monoisotopic (exact) mass is 270 g/mol. The summed E-state index contributed by atoms with van der Waals surface area (Å²) >= 11 is 0. The summed E-state index contributed by atoms with van der Waals surface area (Å²) in [6, 6.07) is 0. The van der Waals surface area contributed by atoms with Crippen LogP contribution in [0, 0.1) is 11.3 Å². The van der Waals surface area contributed by atoms with Gasteiger partial charge in [-0.05, 0) is 24.7 Å². The van der Waals surface area contributed by atoms with Crippen molar-refractivity contribution >= 4 is 11.8 Å². The Hall–Kier alpha value is -1.10. The molecule has 110 valence electrons. The fourth-order valence-electron chi connectivity index (χ4n) is 2.34. The largest absolute Gasteiger partial charge is 0.396 e. The predicted molar refractivity (Wildman–Crippen MR) is 73.5 cm³/mol. The smallest absolute Gasteiger partial charge is 0.224 e. The van der Waals surface area contributed by atoms with Crippen LogP contribution in [-0.2, 0) is 9.59 Å². The molecule has 1 rings (SSSR count). The normalized spacial score (nSPS) is 20.2. The second kappa shape index (κ2) is 6.89. The van der Waals surface area contributed by atoms with Crippen molar-refractivity contribution < 1.29 is 14.7 Å². The van der Waals surface area contributed by atoms with Gasteiger partial charge in [0.2, 0.25) is 11.8 Å². The predicted octanol–water partition coefficient (Wildman–Crippen LogP) is 0.770. The van der Waals surface area contributed by atoms with Crippen molar-refractivity contribution in [2.24, 2.45) is 11.3 Å². The highest BCUT2D eigenvalue weighted by Gasteiger charge is 2.28. The van der Waals surface area contributed by atoms with Gasteiger partial charge in [0.1, 0.15) is 0 Å². The van der Waals surface area contributed by atoms with E-state index >= 15 is 0 Å². The van der Waals surface area contributed by atoms with Gasteiger partial charge in [-0.3, -0.25) is 9.59 Å². The van der Waals surface area contributed by atoms with E-state index in [-0.39, 0.29) is 29.8 Å². The quantitative estimate of drug-likeness (QED) is 0.775. The maximum atomic E-state index is 12.1. The number of aliphatic hydroxyl groups excluding tert-OH is 1. The Morgan fingerprint density at radius 1 is 1.42 bits per heavy atom. The van der Waals surface area contributed by atoms with E-state index in [1.54, 1.807) is 11.8 Å². The number of amides is 2. The van der Waals surface area contributed by atoms with Gasteiger partial charge in [0, 0.05) is 33.2 Å². The summed E-state index contributed by atoms with van der Waals surface area (Å²) in [5.41, 5.74) is -0.0979. The molecule has 0 aromatic heterocycles. The van der Waals surface area contributed by atoms with Crippen LogP contribution in [0.1, 0.15) is 40.0 Å². The Kier molecular flexibility index (Phi) is 5.79. The lowest BCUT2D eigenvalue weighted by Gasteiger charge is -2.32. The number of carbonyl (C=O) groups excluding carboxylic acids is 2. The van der Waals surface area contributed by atoms with E-state index < -0.39 is 0 Å². The molecule has 0 saturated carbocycles. The summed E-state index contributed by atoms with van der Waals surface area (Å²) in [4.78, 5) is 25.2. The SMILES string of the molecule is CC(=O)N1CCCC(C(=O)NCC(C)(C)CCO)C1.